The molecular formula is C13H20ClN3O2. The third-order valence-corrected chi connectivity index (χ3v) is 4.03. The molecule has 2 rings (SSSR count). The maximum atomic E-state index is 12.3. The van der Waals surface area contributed by atoms with E-state index in [-0.39, 0.29) is 17.1 Å². The van der Waals surface area contributed by atoms with E-state index in [1.54, 1.807) is 17.0 Å². The predicted octanol–water partition coefficient (Wildman–Crippen LogP) is 2.02. The van der Waals surface area contributed by atoms with Crippen molar-refractivity contribution in [3.8, 4) is 0 Å². The van der Waals surface area contributed by atoms with E-state index in [4.69, 9.17) is 16.3 Å². The lowest BCUT2D eigenvalue weighted by molar-refractivity contribution is 0.0666. The molecule has 1 fully saturated rings. The van der Waals surface area contributed by atoms with Gasteiger partial charge in [0, 0.05) is 37.5 Å². The van der Waals surface area contributed by atoms with Gasteiger partial charge in [-0.1, -0.05) is 0 Å². The number of rotatable bonds is 4. The van der Waals surface area contributed by atoms with Crippen LogP contribution in [0.1, 0.15) is 32.7 Å². The largest absolute Gasteiger partial charge is 0.381 e. The summed E-state index contributed by atoms with van der Waals surface area (Å²) in [7, 11) is 0. The van der Waals surface area contributed by atoms with Gasteiger partial charge < -0.3 is 14.6 Å². The molecule has 0 aromatic carbocycles. The van der Waals surface area contributed by atoms with Crippen LogP contribution in [0.2, 0.25) is 0 Å². The molecule has 0 spiro atoms. The molecule has 0 atom stereocenters. The first-order valence-electron chi connectivity index (χ1n) is 6.57. The van der Waals surface area contributed by atoms with Gasteiger partial charge >= 0.3 is 0 Å². The van der Waals surface area contributed by atoms with Gasteiger partial charge in [-0.3, -0.25) is 4.79 Å². The first-order chi connectivity index (χ1) is 9.08. The monoisotopic (exact) mass is 285 g/mol. The lowest BCUT2D eigenvalue weighted by atomic mass is 9.92. The fourth-order valence-electron chi connectivity index (χ4n) is 2.22. The molecule has 2 heterocycles. The fourth-order valence-corrected chi connectivity index (χ4v) is 2.56. The second kappa shape index (κ2) is 5.92. The van der Waals surface area contributed by atoms with Crippen LogP contribution in [0, 0.1) is 0 Å². The smallest absolute Gasteiger partial charge is 0.293 e. The van der Waals surface area contributed by atoms with Crippen LogP contribution in [0.25, 0.3) is 0 Å². The Morgan fingerprint density at radius 3 is 2.79 bits per heavy atom. The van der Waals surface area contributed by atoms with E-state index in [0.717, 1.165) is 12.8 Å². The van der Waals surface area contributed by atoms with E-state index in [1.165, 1.54) is 0 Å². The number of anilines is 1. The third kappa shape index (κ3) is 3.09. The molecule has 0 unspecified atom stereocenters. The SMILES string of the molecule is CC(C)n1ccnc(NC2(CCl)CCOCC2)c1=O. The van der Waals surface area contributed by atoms with Gasteiger partial charge in [-0.2, -0.15) is 0 Å². The van der Waals surface area contributed by atoms with Crippen LogP contribution in [-0.2, 0) is 4.74 Å². The highest BCUT2D eigenvalue weighted by Crippen LogP contribution is 2.25. The van der Waals surface area contributed by atoms with Crippen LogP contribution in [0.15, 0.2) is 17.2 Å². The Kier molecular flexibility index (Phi) is 4.47. The summed E-state index contributed by atoms with van der Waals surface area (Å²) in [6.07, 6.45) is 4.92. The Balaban J connectivity index is 2.27. The van der Waals surface area contributed by atoms with E-state index in [0.29, 0.717) is 24.9 Å². The van der Waals surface area contributed by atoms with Gasteiger partial charge in [-0.15, -0.1) is 11.6 Å². The zero-order chi connectivity index (χ0) is 13.9. The standard InChI is InChI=1S/C13H20ClN3O2/c1-10(2)17-6-5-15-11(12(17)18)16-13(9-14)3-7-19-8-4-13/h5-6,10H,3-4,7-9H2,1-2H3,(H,15,16). The van der Waals surface area contributed by atoms with Crippen molar-refractivity contribution in [2.24, 2.45) is 0 Å². The van der Waals surface area contributed by atoms with Gasteiger partial charge in [0.1, 0.15) is 0 Å². The van der Waals surface area contributed by atoms with Gasteiger partial charge in [0.15, 0.2) is 5.82 Å². The van der Waals surface area contributed by atoms with Crippen molar-refractivity contribution in [2.75, 3.05) is 24.4 Å². The minimum Gasteiger partial charge on any atom is -0.381 e. The number of halogens is 1. The van der Waals surface area contributed by atoms with Crippen LogP contribution < -0.4 is 10.9 Å². The van der Waals surface area contributed by atoms with E-state index >= 15 is 0 Å². The van der Waals surface area contributed by atoms with Gasteiger partial charge in [0.2, 0.25) is 0 Å². The number of nitrogens with zero attached hydrogens (tertiary/aromatic N) is 2. The molecule has 0 amide bonds. The Bertz CT molecular complexity index is 481. The Morgan fingerprint density at radius 1 is 1.53 bits per heavy atom. The molecule has 0 bridgehead atoms. The van der Waals surface area contributed by atoms with Crippen LogP contribution in [0.3, 0.4) is 0 Å². The zero-order valence-electron chi connectivity index (χ0n) is 11.4. The summed E-state index contributed by atoms with van der Waals surface area (Å²) in [5.74, 6) is 0.812. The highest BCUT2D eigenvalue weighted by Gasteiger charge is 2.32. The first-order valence-corrected chi connectivity index (χ1v) is 7.10. The molecule has 5 nitrogen and oxygen atoms in total. The quantitative estimate of drug-likeness (QED) is 0.860. The number of nitrogens with one attached hydrogen (secondary N) is 1. The molecule has 0 saturated carbocycles. The molecule has 1 aliphatic heterocycles. The molecule has 0 aliphatic carbocycles. The summed E-state index contributed by atoms with van der Waals surface area (Å²) >= 11 is 6.09. The first kappa shape index (κ1) is 14.3. The minimum absolute atomic E-state index is 0.103. The Morgan fingerprint density at radius 2 is 2.21 bits per heavy atom. The van der Waals surface area contributed by atoms with Gasteiger partial charge in [-0.05, 0) is 26.7 Å². The highest BCUT2D eigenvalue weighted by molar-refractivity contribution is 6.18. The van der Waals surface area contributed by atoms with Crippen molar-refractivity contribution in [1.82, 2.24) is 9.55 Å². The van der Waals surface area contributed by atoms with E-state index < -0.39 is 0 Å². The molecule has 106 valence electrons. The molecule has 6 heteroatoms. The summed E-state index contributed by atoms with van der Waals surface area (Å²) in [6.45, 7) is 5.25. The van der Waals surface area contributed by atoms with Crippen molar-refractivity contribution >= 4 is 17.4 Å². The van der Waals surface area contributed by atoms with Crippen LogP contribution >= 0.6 is 11.6 Å². The molecular weight excluding hydrogens is 266 g/mol. The summed E-state index contributed by atoms with van der Waals surface area (Å²) in [5.41, 5.74) is -0.393. The molecule has 1 saturated heterocycles. The second-order valence-corrected chi connectivity index (χ2v) is 5.50. The van der Waals surface area contributed by atoms with Crippen molar-refractivity contribution < 1.29 is 4.74 Å². The van der Waals surface area contributed by atoms with Crippen molar-refractivity contribution in [3.63, 3.8) is 0 Å². The minimum atomic E-state index is -0.290. The summed E-state index contributed by atoms with van der Waals surface area (Å²) in [5, 5.41) is 3.25. The number of aromatic nitrogens is 2. The highest BCUT2D eigenvalue weighted by atomic mass is 35.5. The molecule has 19 heavy (non-hydrogen) atoms. The van der Waals surface area contributed by atoms with E-state index in [2.05, 4.69) is 10.3 Å². The number of hydrogen-bond donors (Lipinski definition) is 1. The van der Waals surface area contributed by atoms with Gasteiger partial charge in [-0.25, -0.2) is 4.98 Å². The molecule has 0 radical (unpaired) electrons. The number of alkyl halides is 1. The summed E-state index contributed by atoms with van der Waals surface area (Å²) in [4.78, 5) is 16.5. The Labute approximate surface area is 117 Å². The average Bonchev–Trinajstić information content (AvgIpc) is 2.42. The zero-order valence-corrected chi connectivity index (χ0v) is 12.1. The molecule has 1 N–H and O–H groups in total. The molecule has 1 aromatic rings. The topological polar surface area (TPSA) is 56.1 Å². The van der Waals surface area contributed by atoms with Crippen molar-refractivity contribution in [1.29, 1.82) is 0 Å². The molecule has 1 aliphatic rings. The predicted molar refractivity (Wildman–Crippen MR) is 76.0 cm³/mol. The van der Waals surface area contributed by atoms with Crippen LogP contribution in [-0.4, -0.2) is 34.2 Å². The Hall–Kier alpha value is -1.07. The maximum absolute atomic E-state index is 12.3. The molecule has 1 aromatic heterocycles. The lowest BCUT2D eigenvalue weighted by Crippen LogP contribution is -2.47. The second-order valence-electron chi connectivity index (χ2n) is 5.23. The van der Waals surface area contributed by atoms with E-state index in [9.17, 15) is 4.79 Å². The van der Waals surface area contributed by atoms with E-state index in [1.807, 2.05) is 13.8 Å². The van der Waals surface area contributed by atoms with Gasteiger partial charge in [0.25, 0.3) is 5.56 Å². The van der Waals surface area contributed by atoms with Crippen LogP contribution in [0.4, 0.5) is 5.82 Å². The maximum Gasteiger partial charge on any atom is 0.293 e. The number of hydrogen-bond acceptors (Lipinski definition) is 4. The summed E-state index contributed by atoms with van der Waals surface area (Å²) in [6, 6.07) is 0.109. The third-order valence-electron chi connectivity index (χ3n) is 3.51. The normalized spacial score (nSPS) is 18.5. The lowest BCUT2D eigenvalue weighted by Gasteiger charge is -2.36. The summed E-state index contributed by atoms with van der Waals surface area (Å²) < 4.78 is 7.02. The van der Waals surface area contributed by atoms with Gasteiger partial charge in [0.05, 0.1) is 5.54 Å². The number of ether oxygens (including phenoxy) is 1. The van der Waals surface area contributed by atoms with Crippen molar-refractivity contribution in [3.05, 3.63) is 22.7 Å². The van der Waals surface area contributed by atoms with Crippen molar-refractivity contribution in [2.45, 2.75) is 38.3 Å². The average molecular weight is 286 g/mol. The fraction of sp³-hybridized carbons (Fsp3) is 0.692. The van der Waals surface area contributed by atoms with Crippen LogP contribution in [0.5, 0.6) is 0 Å².